The molecule has 0 bridgehead atoms. The Hall–Kier alpha value is -1.70. The van der Waals surface area contributed by atoms with Crippen LogP contribution in [-0.4, -0.2) is 32.6 Å². The molecule has 0 fully saturated rings. The van der Waals surface area contributed by atoms with E-state index >= 15 is 0 Å². The lowest BCUT2D eigenvalue weighted by molar-refractivity contribution is -0.884. The van der Waals surface area contributed by atoms with Gasteiger partial charge in [-0.15, -0.1) is 22.7 Å². The Bertz CT molecular complexity index is 753. The van der Waals surface area contributed by atoms with Crippen LogP contribution in [0.25, 0.3) is 0 Å². The van der Waals surface area contributed by atoms with Crippen LogP contribution in [-0.2, 0) is 28.9 Å². The summed E-state index contributed by atoms with van der Waals surface area (Å²) in [6.07, 6.45) is 4.07. The Morgan fingerprint density at radius 2 is 2.12 bits per heavy atom. The fraction of sp³-hybridized carbons (Fsp3) is 0.444. The minimum absolute atomic E-state index is 0.0715. The monoisotopic (exact) mass is 379 g/mol. The average Bonchev–Trinajstić information content (AvgIpc) is 3.20. The fourth-order valence-corrected chi connectivity index (χ4v) is 5.30. The van der Waals surface area contributed by atoms with Gasteiger partial charge in [0.15, 0.2) is 6.54 Å². The molecule has 25 heavy (non-hydrogen) atoms. The highest BCUT2D eigenvalue weighted by molar-refractivity contribution is 7.17. The van der Waals surface area contributed by atoms with Gasteiger partial charge >= 0.3 is 5.97 Å². The third-order valence-electron chi connectivity index (χ3n) is 4.33. The molecule has 0 saturated carbocycles. The number of hydrogen-bond donors (Lipinski definition) is 2. The molecule has 0 aromatic carbocycles. The zero-order chi connectivity index (χ0) is 17.8. The van der Waals surface area contributed by atoms with E-state index in [4.69, 9.17) is 4.74 Å². The van der Waals surface area contributed by atoms with Crippen molar-refractivity contribution in [2.24, 2.45) is 0 Å². The van der Waals surface area contributed by atoms with Crippen molar-refractivity contribution in [2.45, 2.75) is 32.2 Å². The number of esters is 1. The minimum Gasteiger partial charge on any atom is -0.465 e. The molecule has 0 saturated heterocycles. The van der Waals surface area contributed by atoms with Gasteiger partial charge in [-0.05, 0) is 42.7 Å². The van der Waals surface area contributed by atoms with Gasteiger partial charge in [0.2, 0.25) is 0 Å². The van der Waals surface area contributed by atoms with Crippen LogP contribution in [0.4, 0.5) is 5.00 Å². The zero-order valence-corrected chi connectivity index (χ0v) is 16.1. The van der Waals surface area contributed by atoms with Crippen molar-refractivity contribution < 1.29 is 19.2 Å². The standard InChI is InChI=1S/C18H22N2O3S2/c1-20(10-12-6-5-9-24-12)11-15(21)19-17-16(18(22)23-2)13-7-3-4-8-14(13)25-17/h5-6,9H,3-4,7-8,10-11H2,1-2H3,(H,19,21)/p+1. The predicted molar refractivity (Wildman–Crippen MR) is 101 cm³/mol. The van der Waals surface area contributed by atoms with E-state index < -0.39 is 0 Å². The summed E-state index contributed by atoms with van der Waals surface area (Å²) in [5.41, 5.74) is 1.63. The molecule has 2 N–H and O–H groups in total. The van der Waals surface area contributed by atoms with E-state index in [0.717, 1.165) is 42.7 Å². The Balaban J connectivity index is 1.70. The second kappa shape index (κ2) is 8.12. The van der Waals surface area contributed by atoms with Gasteiger partial charge in [0.05, 0.1) is 24.6 Å². The van der Waals surface area contributed by atoms with Crippen LogP contribution in [0.5, 0.6) is 0 Å². The summed E-state index contributed by atoms with van der Waals surface area (Å²) in [5, 5.41) is 5.64. The van der Waals surface area contributed by atoms with Gasteiger partial charge in [0.1, 0.15) is 11.5 Å². The highest BCUT2D eigenvalue weighted by Crippen LogP contribution is 2.38. The molecule has 1 amide bonds. The lowest BCUT2D eigenvalue weighted by Gasteiger charge is -2.13. The summed E-state index contributed by atoms with van der Waals surface area (Å²) in [4.78, 5) is 28.2. The molecule has 1 aliphatic rings. The number of thiophene rings is 2. The molecule has 1 atom stereocenters. The number of likely N-dealkylation sites (N-methyl/N-ethyl adjacent to an activating group) is 1. The quantitative estimate of drug-likeness (QED) is 0.756. The SMILES string of the molecule is COC(=O)c1c(NC(=O)C[NH+](C)Cc2cccs2)sc2c1CCCC2. The van der Waals surface area contributed by atoms with Crippen LogP contribution in [0.2, 0.25) is 0 Å². The molecule has 0 radical (unpaired) electrons. The van der Waals surface area contributed by atoms with E-state index in [1.807, 2.05) is 18.5 Å². The molecule has 5 nitrogen and oxygen atoms in total. The Kier molecular flexibility index (Phi) is 5.88. The number of amides is 1. The number of ether oxygens (including phenoxy) is 1. The number of hydrogen-bond acceptors (Lipinski definition) is 5. The van der Waals surface area contributed by atoms with E-state index in [1.165, 1.54) is 28.2 Å². The van der Waals surface area contributed by atoms with Crippen LogP contribution < -0.4 is 10.2 Å². The molecule has 1 unspecified atom stereocenters. The second-order valence-electron chi connectivity index (χ2n) is 6.34. The van der Waals surface area contributed by atoms with Crippen molar-refractivity contribution in [3.05, 3.63) is 38.4 Å². The predicted octanol–water partition coefficient (Wildman–Crippen LogP) is 2.13. The van der Waals surface area contributed by atoms with E-state index in [9.17, 15) is 9.59 Å². The summed E-state index contributed by atoms with van der Waals surface area (Å²) in [6.45, 7) is 1.18. The first-order chi connectivity index (χ1) is 12.1. The van der Waals surface area contributed by atoms with Gasteiger partial charge in [0, 0.05) is 4.88 Å². The van der Waals surface area contributed by atoms with E-state index in [1.54, 1.807) is 11.3 Å². The normalized spacial score (nSPS) is 14.6. The Morgan fingerprint density at radius 3 is 2.84 bits per heavy atom. The van der Waals surface area contributed by atoms with Gasteiger partial charge in [-0.3, -0.25) is 4.79 Å². The third-order valence-corrected chi connectivity index (χ3v) is 6.42. The first-order valence-corrected chi connectivity index (χ1v) is 10.1. The van der Waals surface area contributed by atoms with Crippen molar-refractivity contribution in [1.82, 2.24) is 0 Å². The highest BCUT2D eigenvalue weighted by Gasteiger charge is 2.27. The summed E-state index contributed by atoms with van der Waals surface area (Å²) < 4.78 is 4.95. The largest absolute Gasteiger partial charge is 0.465 e. The van der Waals surface area contributed by atoms with Crippen LogP contribution in [0.1, 0.15) is 38.5 Å². The van der Waals surface area contributed by atoms with Crippen LogP contribution in [0, 0.1) is 0 Å². The maximum atomic E-state index is 12.5. The smallest absolute Gasteiger partial charge is 0.341 e. The second-order valence-corrected chi connectivity index (χ2v) is 8.48. The Morgan fingerprint density at radius 1 is 1.32 bits per heavy atom. The molecule has 2 heterocycles. The molecular weight excluding hydrogens is 356 g/mol. The van der Waals surface area contributed by atoms with Gasteiger partial charge in [-0.2, -0.15) is 0 Å². The zero-order valence-electron chi connectivity index (χ0n) is 14.5. The number of fused-ring (bicyclic) bond motifs is 1. The molecule has 3 rings (SSSR count). The van der Waals surface area contributed by atoms with E-state index in [2.05, 4.69) is 11.4 Å². The van der Waals surface area contributed by atoms with Crippen molar-refractivity contribution in [3.63, 3.8) is 0 Å². The lowest BCUT2D eigenvalue weighted by atomic mass is 9.95. The highest BCUT2D eigenvalue weighted by atomic mass is 32.1. The van der Waals surface area contributed by atoms with E-state index in [-0.39, 0.29) is 11.9 Å². The number of rotatable bonds is 6. The van der Waals surface area contributed by atoms with Crippen LogP contribution >= 0.6 is 22.7 Å². The summed E-state index contributed by atoms with van der Waals surface area (Å²) in [7, 11) is 3.39. The van der Waals surface area contributed by atoms with Gasteiger partial charge < -0.3 is 15.0 Å². The summed E-state index contributed by atoms with van der Waals surface area (Å²) in [6, 6.07) is 4.10. The maximum absolute atomic E-state index is 12.5. The number of anilines is 1. The van der Waals surface area contributed by atoms with Crippen molar-refractivity contribution in [1.29, 1.82) is 0 Å². The molecule has 0 spiro atoms. The summed E-state index contributed by atoms with van der Waals surface area (Å²) in [5.74, 6) is -0.424. The van der Waals surface area contributed by atoms with Crippen molar-refractivity contribution in [3.8, 4) is 0 Å². The first kappa shape index (κ1) is 18.1. The molecule has 2 aromatic heterocycles. The first-order valence-electron chi connectivity index (χ1n) is 8.45. The number of carbonyl (C=O) groups excluding carboxylic acids is 2. The Labute approximate surface area is 155 Å². The molecule has 7 heteroatoms. The molecule has 1 aliphatic carbocycles. The third kappa shape index (κ3) is 4.29. The number of quaternary nitrogens is 1. The minimum atomic E-state index is -0.353. The number of methoxy groups -OCH3 is 1. The topological polar surface area (TPSA) is 59.8 Å². The fourth-order valence-electron chi connectivity index (χ4n) is 3.19. The summed E-state index contributed by atoms with van der Waals surface area (Å²) >= 11 is 3.22. The maximum Gasteiger partial charge on any atom is 0.341 e. The molecule has 134 valence electrons. The lowest BCUT2D eigenvalue weighted by Crippen LogP contribution is -3.08. The van der Waals surface area contributed by atoms with Crippen molar-refractivity contribution >= 4 is 39.6 Å². The average molecular weight is 380 g/mol. The van der Waals surface area contributed by atoms with Gasteiger partial charge in [-0.25, -0.2) is 4.79 Å². The van der Waals surface area contributed by atoms with Crippen molar-refractivity contribution in [2.75, 3.05) is 26.0 Å². The van der Waals surface area contributed by atoms with Crippen LogP contribution in [0.3, 0.4) is 0 Å². The van der Waals surface area contributed by atoms with E-state index in [0.29, 0.717) is 17.1 Å². The molecule has 0 aliphatic heterocycles. The number of nitrogens with one attached hydrogen (secondary N) is 2. The molecular formula is C18H23N2O3S2+. The molecule has 2 aromatic rings. The van der Waals surface area contributed by atoms with Crippen LogP contribution in [0.15, 0.2) is 17.5 Å². The number of aryl methyl sites for hydroxylation is 1. The number of carbonyl (C=O) groups is 2. The van der Waals surface area contributed by atoms with Gasteiger partial charge in [-0.1, -0.05) is 6.07 Å². The van der Waals surface area contributed by atoms with Gasteiger partial charge in [0.25, 0.3) is 5.91 Å².